The van der Waals surface area contributed by atoms with Crippen LogP contribution in [-0.4, -0.2) is 28.0 Å². The Morgan fingerprint density at radius 2 is 1.96 bits per heavy atom. The van der Waals surface area contributed by atoms with E-state index >= 15 is 0 Å². The van der Waals surface area contributed by atoms with Crippen LogP contribution in [0.1, 0.15) is 41.3 Å². The van der Waals surface area contributed by atoms with Gasteiger partial charge < -0.3 is 10.4 Å². The van der Waals surface area contributed by atoms with Gasteiger partial charge in [0.05, 0.1) is 10.7 Å². The molecule has 0 saturated carbocycles. The second kappa shape index (κ2) is 9.01. The number of carbonyl (C=O) groups is 2. The average Bonchev–Trinajstić information content (AvgIpc) is 2.97. The van der Waals surface area contributed by atoms with Gasteiger partial charge in [0.15, 0.2) is 0 Å². The molecule has 5 nitrogen and oxygen atoms in total. The highest BCUT2D eigenvalue weighted by Crippen LogP contribution is 2.24. The third-order valence-corrected chi connectivity index (χ3v) is 5.35. The van der Waals surface area contributed by atoms with Crippen LogP contribution in [0.3, 0.4) is 0 Å². The second-order valence-electron chi connectivity index (χ2n) is 6.16. The molecule has 0 saturated heterocycles. The SMILES string of the molecule is Cc1nc(CSc2ccc(C(=O)N[C@H](CC(C)C)C(=O)O)cc2)cs1. The highest BCUT2D eigenvalue weighted by atomic mass is 32.2. The van der Waals surface area contributed by atoms with E-state index in [1.54, 1.807) is 35.2 Å². The molecule has 1 atom stereocenters. The molecule has 1 heterocycles. The zero-order chi connectivity index (χ0) is 18.4. The minimum absolute atomic E-state index is 0.189. The lowest BCUT2D eigenvalue weighted by Gasteiger charge is -2.16. The maximum atomic E-state index is 12.2. The number of carboxylic acid groups (broad SMARTS) is 1. The number of aryl methyl sites for hydroxylation is 1. The Kier molecular flexibility index (Phi) is 7.01. The van der Waals surface area contributed by atoms with Crippen molar-refractivity contribution in [1.29, 1.82) is 0 Å². The molecule has 0 aliphatic rings. The number of rotatable bonds is 8. The van der Waals surface area contributed by atoms with Gasteiger partial charge in [0.1, 0.15) is 6.04 Å². The first kappa shape index (κ1) is 19.5. The number of aromatic nitrogens is 1. The predicted molar refractivity (Wildman–Crippen MR) is 101 cm³/mol. The van der Waals surface area contributed by atoms with Gasteiger partial charge in [0.25, 0.3) is 5.91 Å². The Labute approximate surface area is 155 Å². The number of nitrogens with zero attached hydrogens (tertiary/aromatic N) is 1. The molecule has 7 heteroatoms. The molecule has 1 aromatic carbocycles. The summed E-state index contributed by atoms with van der Waals surface area (Å²) in [5.41, 5.74) is 1.51. The van der Waals surface area contributed by atoms with Crippen LogP contribution in [0.25, 0.3) is 0 Å². The van der Waals surface area contributed by atoms with Crippen molar-refractivity contribution >= 4 is 35.0 Å². The van der Waals surface area contributed by atoms with E-state index in [-0.39, 0.29) is 11.8 Å². The molecule has 25 heavy (non-hydrogen) atoms. The van der Waals surface area contributed by atoms with E-state index in [0.717, 1.165) is 21.3 Å². The Morgan fingerprint density at radius 3 is 2.48 bits per heavy atom. The smallest absolute Gasteiger partial charge is 0.326 e. The molecular formula is C18H22N2O3S2. The fraction of sp³-hybridized carbons (Fsp3) is 0.389. The van der Waals surface area contributed by atoms with Gasteiger partial charge in [-0.2, -0.15) is 0 Å². The fourth-order valence-corrected chi connectivity index (χ4v) is 3.78. The van der Waals surface area contributed by atoms with E-state index in [0.29, 0.717) is 12.0 Å². The van der Waals surface area contributed by atoms with E-state index in [1.807, 2.05) is 38.3 Å². The molecule has 2 rings (SSSR count). The average molecular weight is 379 g/mol. The molecular weight excluding hydrogens is 356 g/mol. The molecule has 134 valence electrons. The number of benzene rings is 1. The second-order valence-corrected chi connectivity index (χ2v) is 8.28. The number of aliphatic carboxylic acids is 1. The standard InChI is InChI=1S/C18H22N2O3S2/c1-11(2)8-16(18(22)23)20-17(21)13-4-6-15(7-5-13)25-10-14-9-24-12(3)19-14/h4-7,9,11,16H,8,10H2,1-3H3,(H,20,21)(H,22,23)/t16-/m1/s1. The summed E-state index contributed by atoms with van der Waals surface area (Å²) < 4.78 is 0. The maximum Gasteiger partial charge on any atom is 0.326 e. The Hall–Kier alpha value is -1.86. The highest BCUT2D eigenvalue weighted by Gasteiger charge is 2.21. The number of amides is 1. The number of carbonyl (C=O) groups excluding carboxylic acids is 1. The van der Waals surface area contributed by atoms with Crippen LogP contribution in [0.2, 0.25) is 0 Å². The van der Waals surface area contributed by atoms with E-state index in [4.69, 9.17) is 0 Å². The summed E-state index contributed by atoms with van der Waals surface area (Å²) in [6.07, 6.45) is 0.405. The molecule has 0 aliphatic heterocycles. The quantitative estimate of drug-likeness (QED) is 0.680. The van der Waals surface area contributed by atoms with Crippen molar-refractivity contribution < 1.29 is 14.7 Å². The van der Waals surface area contributed by atoms with Crippen LogP contribution in [-0.2, 0) is 10.5 Å². The predicted octanol–water partition coefficient (Wildman–Crippen LogP) is 3.97. The lowest BCUT2D eigenvalue weighted by Crippen LogP contribution is -2.41. The van der Waals surface area contributed by atoms with Crippen molar-refractivity contribution in [1.82, 2.24) is 10.3 Å². The van der Waals surface area contributed by atoms with Crippen molar-refractivity contribution in [3.05, 3.63) is 45.9 Å². The van der Waals surface area contributed by atoms with Crippen LogP contribution in [0.4, 0.5) is 0 Å². The van der Waals surface area contributed by atoms with Crippen molar-refractivity contribution in [3.8, 4) is 0 Å². The molecule has 0 spiro atoms. The lowest BCUT2D eigenvalue weighted by molar-refractivity contribution is -0.139. The monoisotopic (exact) mass is 378 g/mol. The van der Waals surface area contributed by atoms with Crippen molar-refractivity contribution in [3.63, 3.8) is 0 Å². The third-order valence-electron chi connectivity index (χ3n) is 3.48. The molecule has 2 N–H and O–H groups in total. The Bertz CT molecular complexity index is 726. The van der Waals surface area contributed by atoms with Crippen LogP contribution in [0, 0.1) is 12.8 Å². The van der Waals surface area contributed by atoms with Gasteiger partial charge in [0, 0.05) is 21.6 Å². The first-order chi connectivity index (χ1) is 11.8. The first-order valence-electron chi connectivity index (χ1n) is 8.02. The van der Waals surface area contributed by atoms with Crippen LogP contribution in [0.5, 0.6) is 0 Å². The summed E-state index contributed by atoms with van der Waals surface area (Å²) in [5, 5.41) is 14.9. The molecule has 0 unspecified atom stereocenters. The van der Waals surface area contributed by atoms with Gasteiger partial charge in [-0.1, -0.05) is 13.8 Å². The normalized spacial score (nSPS) is 12.2. The number of hydrogen-bond acceptors (Lipinski definition) is 5. The van der Waals surface area contributed by atoms with Gasteiger partial charge in [-0.15, -0.1) is 23.1 Å². The highest BCUT2D eigenvalue weighted by molar-refractivity contribution is 7.98. The topological polar surface area (TPSA) is 79.3 Å². The summed E-state index contributed by atoms with van der Waals surface area (Å²) in [4.78, 5) is 29.0. The minimum atomic E-state index is -1.01. The lowest BCUT2D eigenvalue weighted by atomic mass is 10.0. The number of hydrogen-bond donors (Lipinski definition) is 2. The van der Waals surface area contributed by atoms with Crippen molar-refractivity contribution in [2.75, 3.05) is 0 Å². The van der Waals surface area contributed by atoms with Crippen LogP contribution >= 0.6 is 23.1 Å². The van der Waals surface area contributed by atoms with Crippen molar-refractivity contribution in [2.45, 2.75) is 43.9 Å². The summed E-state index contributed by atoms with van der Waals surface area (Å²) in [6.45, 7) is 5.84. The molecule has 1 amide bonds. The largest absolute Gasteiger partial charge is 0.480 e. The zero-order valence-electron chi connectivity index (χ0n) is 14.5. The number of carboxylic acids is 1. The van der Waals surface area contributed by atoms with Gasteiger partial charge in [-0.25, -0.2) is 9.78 Å². The van der Waals surface area contributed by atoms with Gasteiger partial charge in [0.2, 0.25) is 0 Å². The maximum absolute atomic E-state index is 12.2. The van der Waals surface area contributed by atoms with E-state index in [9.17, 15) is 14.7 Å². The number of thiazole rings is 1. The molecule has 2 aromatic rings. The molecule has 0 radical (unpaired) electrons. The minimum Gasteiger partial charge on any atom is -0.480 e. The van der Waals surface area contributed by atoms with Gasteiger partial charge in [-0.3, -0.25) is 4.79 Å². The van der Waals surface area contributed by atoms with Crippen LogP contribution < -0.4 is 5.32 Å². The Morgan fingerprint density at radius 1 is 1.28 bits per heavy atom. The summed E-state index contributed by atoms with van der Waals surface area (Å²) >= 11 is 3.29. The van der Waals surface area contributed by atoms with Gasteiger partial charge in [-0.05, 0) is 43.5 Å². The van der Waals surface area contributed by atoms with Crippen molar-refractivity contribution in [2.24, 2.45) is 5.92 Å². The number of nitrogens with one attached hydrogen (secondary N) is 1. The Balaban J connectivity index is 1.93. The number of thioether (sulfide) groups is 1. The first-order valence-corrected chi connectivity index (χ1v) is 9.89. The zero-order valence-corrected chi connectivity index (χ0v) is 16.1. The van der Waals surface area contributed by atoms with E-state index in [1.165, 1.54) is 0 Å². The molecule has 0 fully saturated rings. The van der Waals surface area contributed by atoms with E-state index < -0.39 is 12.0 Å². The fourth-order valence-electron chi connectivity index (χ4n) is 2.27. The van der Waals surface area contributed by atoms with E-state index in [2.05, 4.69) is 10.3 Å². The van der Waals surface area contributed by atoms with Gasteiger partial charge >= 0.3 is 5.97 Å². The van der Waals surface area contributed by atoms with Crippen LogP contribution in [0.15, 0.2) is 34.5 Å². The summed E-state index contributed by atoms with van der Waals surface area (Å²) in [7, 11) is 0. The molecule has 0 aliphatic carbocycles. The summed E-state index contributed by atoms with van der Waals surface area (Å²) in [6, 6.07) is 6.32. The molecule has 0 bridgehead atoms. The summed E-state index contributed by atoms with van der Waals surface area (Å²) in [5.74, 6) is -0.396. The molecule has 1 aromatic heterocycles. The third kappa shape index (κ3) is 6.17.